The number of likely N-dealkylation sites (N-methyl/N-ethyl adjacent to an activating group) is 1. The first-order chi connectivity index (χ1) is 14.6. The van der Waals surface area contributed by atoms with Crippen LogP contribution in [0.2, 0.25) is 0 Å². The van der Waals surface area contributed by atoms with Crippen molar-refractivity contribution in [2.75, 3.05) is 34.7 Å². The molecule has 8 nitrogen and oxygen atoms in total. The Morgan fingerprint density at radius 3 is 2.42 bits per heavy atom. The fourth-order valence-corrected chi connectivity index (χ4v) is 3.70. The third-order valence-corrected chi connectivity index (χ3v) is 5.67. The van der Waals surface area contributed by atoms with E-state index in [2.05, 4.69) is 5.10 Å². The quantitative estimate of drug-likeness (QED) is 0.236. The largest absolute Gasteiger partial charge is 0.493 e. The number of quaternary nitrogens is 1. The van der Waals surface area contributed by atoms with Crippen LogP contribution < -0.4 is 10.8 Å². The molecule has 4 rings (SSSR count). The maximum absolute atomic E-state index is 13.5. The highest BCUT2D eigenvalue weighted by molar-refractivity contribution is 6.20. The molecule has 0 radical (unpaired) electrons. The summed E-state index contributed by atoms with van der Waals surface area (Å²) in [6, 6.07) is 10.7. The molecule has 0 aliphatic rings. The van der Waals surface area contributed by atoms with Crippen LogP contribution >= 0.6 is 0 Å². The molecular weight excluding hydrogens is 394 g/mol. The van der Waals surface area contributed by atoms with Crippen LogP contribution in [-0.4, -0.2) is 65.0 Å². The zero-order valence-corrected chi connectivity index (χ0v) is 18.4. The van der Waals surface area contributed by atoms with Crippen molar-refractivity contribution in [3.63, 3.8) is 0 Å². The van der Waals surface area contributed by atoms with Gasteiger partial charge in [-0.3, -0.25) is 4.79 Å². The third kappa shape index (κ3) is 3.43. The summed E-state index contributed by atoms with van der Waals surface area (Å²) in [6.45, 7) is 2.65. The fourth-order valence-electron chi connectivity index (χ4n) is 3.70. The van der Waals surface area contributed by atoms with Gasteiger partial charge in [-0.05, 0) is 26.2 Å². The van der Waals surface area contributed by atoms with Crippen LogP contribution in [0.4, 0.5) is 0 Å². The molecule has 0 fully saturated rings. The number of carbonyl (C=O) groups is 1. The van der Waals surface area contributed by atoms with Crippen molar-refractivity contribution in [1.29, 1.82) is 0 Å². The van der Waals surface area contributed by atoms with Gasteiger partial charge in [0.1, 0.15) is 25.0 Å². The first-order valence-corrected chi connectivity index (χ1v) is 10.1. The molecule has 0 saturated carbocycles. The molecule has 0 atom stereocenters. The molecule has 1 heterocycles. The van der Waals surface area contributed by atoms with Crippen molar-refractivity contribution in [3.05, 3.63) is 52.0 Å². The zero-order chi connectivity index (χ0) is 22.5. The summed E-state index contributed by atoms with van der Waals surface area (Å²) in [5.41, 5.74) is 0.435. The zero-order valence-electron chi connectivity index (χ0n) is 18.4. The van der Waals surface area contributed by atoms with E-state index in [1.54, 1.807) is 37.0 Å². The molecule has 0 bridgehead atoms. The molecule has 0 unspecified atom stereocenters. The Morgan fingerprint density at radius 2 is 1.77 bits per heavy atom. The summed E-state index contributed by atoms with van der Waals surface area (Å²) in [7, 11) is 7.24. The lowest BCUT2D eigenvalue weighted by Gasteiger charge is -2.18. The van der Waals surface area contributed by atoms with E-state index in [1.165, 1.54) is 6.92 Å². The molecule has 4 aromatic rings. The average Bonchev–Trinajstić information content (AvgIpc) is 2.72. The van der Waals surface area contributed by atoms with Gasteiger partial charge in [0.05, 0.1) is 18.9 Å². The second-order valence-corrected chi connectivity index (χ2v) is 8.47. The van der Waals surface area contributed by atoms with Gasteiger partial charge >= 0.3 is 5.91 Å². The van der Waals surface area contributed by atoms with E-state index < -0.39 is 0 Å². The number of fused-ring (bicyclic) bond motifs is 2. The van der Waals surface area contributed by atoms with Gasteiger partial charge in [-0.2, -0.15) is 5.10 Å². The first kappa shape index (κ1) is 20.9. The average molecular weight is 420 g/mol. The number of amides is 1. The summed E-state index contributed by atoms with van der Waals surface area (Å²) >= 11 is 0. The van der Waals surface area contributed by atoms with E-state index in [1.807, 2.05) is 37.2 Å². The monoisotopic (exact) mass is 420 g/mol. The minimum atomic E-state index is -0.252. The van der Waals surface area contributed by atoms with Gasteiger partial charge in [-0.1, -0.05) is 29.4 Å². The van der Waals surface area contributed by atoms with Crippen LogP contribution in [0.5, 0.6) is 5.88 Å². The smallest absolute Gasteiger partial charge is 0.336 e. The highest BCUT2D eigenvalue weighted by Gasteiger charge is 2.24. The van der Waals surface area contributed by atoms with Gasteiger partial charge in [0.25, 0.3) is 0 Å². The standard InChI is InChI=1S/C23H25N5O3/c1-14(29)28(4,5)25-18-11-10-17-19-20(18)22(30)16-9-7-6-8-15(16)21(19)24-27(23(17)31)13-12-26(2)3/h6-11H,12-13H2,1-5H3/p+1. The van der Waals surface area contributed by atoms with Crippen molar-refractivity contribution in [2.45, 2.75) is 13.5 Å². The maximum atomic E-state index is 13.5. The summed E-state index contributed by atoms with van der Waals surface area (Å²) in [4.78, 5) is 27.6. The molecule has 1 aromatic heterocycles. The van der Waals surface area contributed by atoms with Gasteiger partial charge < -0.3 is 10.0 Å². The highest BCUT2D eigenvalue weighted by atomic mass is 16.3. The second-order valence-electron chi connectivity index (χ2n) is 8.47. The molecule has 1 N–H and O–H groups in total. The molecule has 0 spiro atoms. The van der Waals surface area contributed by atoms with E-state index in [-0.39, 0.29) is 21.8 Å². The number of benzene rings is 3. The first-order valence-electron chi connectivity index (χ1n) is 10.1. The Hall–Kier alpha value is -3.36. The van der Waals surface area contributed by atoms with Crippen LogP contribution in [0.25, 0.3) is 32.4 Å². The van der Waals surface area contributed by atoms with Crippen molar-refractivity contribution >= 4 is 38.4 Å². The van der Waals surface area contributed by atoms with Crippen molar-refractivity contribution < 1.29 is 14.5 Å². The van der Waals surface area contributed by atoms with Crippen LogP contribution in [0, 0.1) is 0 Å². The minimum Gasteiger partial charge on any atom is -0.493 e. The van der Waals surface area contributed by atoms with E-state index >= 15 is 0 Å². The predicted molar refractivity (Wildman–Crippen MR) is 121 cm³/mol. The maximum Gasteiger partial charge on any atom is 0.336 e. The van der Waals surface area contributed by atoms with Gasteiger partial charge in [-0.15, -0.1) is 4.59 Å². The normalized spacial score (nSPS) is 13.2. The Kier molecular flexibility index (Phi) is 4.99. The topological polar surface area (TPSA) is 87.8 Å². The Bertz CT molecular complexity index is 1450. The van der Waals surface area contributed by atoms with Gasteiger partial charge in [-0.25, -0.2) is 9.48 Å². The highest BCUT2D eigenvalue weighted by Crippen LogP contribution is 2.32. The van der Waals surface area contributed by atoms with Gasteiger partial charge in [0.2, 0.25) is 5.88 Å². The summed E-state index contributed by atoms with van der Waals surface area (Å²) in [5, 5.41) is 23.4. The Morgan fingerprint density at radius 1 is 1.10 bits per heavy atom. The molecule has 31 heavy (non-hydrogen) atoms. The van der Waals surface area contributed by atoms with Gasteiger partial charge in [0.15, 0.2) is 5.43 Å². The molecule has 8 heteroatoms. The van der Waals surface area contributed by atoms with Gasteiger partial charge in [0, 0.05) is 28.1 Å². The van der Waals surface area contributed by atoms with Crippen molar-refractivity contribution in [3.8, 4) is 5.88 Å². The van der Waals surface area contributed by atoms with Crippen molar-refractivity contribution in [1.82, 2.24) is 14.7 Å². The molecule has 0 aliphatic heterocycles. The number of carbonyl (C=O) groups excluding carboxylic acids is 1. The number of hydrogen-bond acceptors (Lipinski definition) is 6. The number of hydrogen-bond donors (Lipinski definition) is 1. The Labute approximate surface area is 179 Å². The number of aromatic nitrogens is 2. The van der Waals surface area contributed by atoms with Crippen LogP contribution in [0.15, 0.2) is 46.3 Å². The number of aromatic hydroxyl groups is 1. The predicted octanol–water partition coefficient (Wildman–Crippen LogP) is 1.85. The lowest BCUT2D eigenvalue weighted by molar-refractivity contribution is -0.822. The Balaban J connectivity index is 2.22. The summed E-state index contributed by atoms with van der Waals surface area (Å²) in [5.74, 6) is -0.160. The van der Waals surface area contributed by atoms with E-state index in [4.69, 9.17) is 5.10 Å². The minimum absolute atomic E-state index is 0.000832. The summed E-state index contributed by atoms with van der Waals surface area (Å²) < 4.78 is 1.32. The van der Waals surface area contributed by atoms with Crippen LogP contribution in [-0.2, 0) is 11.3 Å². The van der Waals surface area contributed by atoms with Crippen LogP contribution in [0.3, 0.4) is 0 Å². The summed E-state index contributed by atoms with van der Waals surface area (Å²) in [6.07, 6.45) is 0. The van der Waals surface area contributed by atoms with E-state index in [9.17, 15) is 14.7 Å². The third-order valence-electron chi connectivity index (χ3n) is 5.67. The second kappa shape index (κ2) is 7.40. The molecule has 0 saturated heterocycles. The SMILES string of the molecule is CC(=O)[N+](C)(C)N=c1ccc2c(O)n(CCN(C)C)nc3c4ccccc4c(=O)c1c23. The molecule has 160 valence electrons. The van der Waals surface area contributed by atoms with E-state index in [0.717, 1.165) is 5.39 Å². The lowest BCUT2D eigenvalue weighted by atomic mass is 9.98. The number of rotatable bonds is 4. The van der Waals surface area contributed by atoms with Crippen LogP contribution in [0.1, 0.15) is 6.92 Å². The molecule has 3 aromatic carbocycles. The molecule has 0 aliphatic carbocycles. The van der Waals surface area contributed by atoms with Crippen molar-refractivity contribution in [2.24, 2.45) is 5.10 Å². The molecular formula is C23H26N5O3+. The molecule has 1 amide bonds. The van der Waals surface area contributed by atoms with E-state index in [0.29, 0.717) is 45.5 Å². The fraction of sp³-hybridized carbons (Fsp3) is 0.304. The lowest BCUT2D eigenvalue weighted by Crippen LogP contribution is -2.40. The number of nitrogens with zero attached hydrogens (tertiary/aromatic N) is 5.